The second-order valence-electron chi connectivity index (χ2n) is 6.66. The molecule has 1 heterocycles. The lowest BCUT2D eigenvalue weighted by molar-refractivity contribution is -0.385. The number of halogens is 1. The Balaban J connectivity index is 2.13. The van der Waals surface area contributed by atoms with Crippen LogP contribution in [0.1, 0.15) is 29.8 Å². The minimum atomic E-state index is -4.09. The highest BCUT2D eigenvalue weighted by molar-refractivity contribution is 7.89. The van der Waals surface area contributed by atoms with Gasteiger partial charge in [0.15, 0.2) is 5.78 Å². The summed E-state index contributed by atoms with van der Waals surface area (Å²) in [5, 5.41) is 25.6. The highest BCUT2D eigenvalue weighted by Crippen LogP contribution is 2.29. The van der Waals surface area contributed by atoms with Gasteiger partial charge in [0.05, 0.1) is 27.9 Å². The number of carbonyl (C=O) groups excluding carboxylic acids is 1. The smallest absolute Gasteiger partial charge is 0.270 e. The number of nitro groups is 1. The molecular weight excluding hydrogens is 460 g/mol. The number of non-ortho nitro benzene ring substituents is 1. The van der Waals surface area contributed by atoms with Gasteiger partial charge in [-0.15, -0.1) is 0 Å². The Morgan fingerprint density at radius 1 is 1.22 bits per heavy atom. The molecule has 0 atom stereocenters. The van der Waals surface area contributed by atoms with Gasteiger partial charge < -0.3 is 5.11 Å². The number of hydrogen-bond donors (Lipinski definition) is 1. The number of phenolic OH excluding ortho intramolecular Hbond substituents is 1. The van der Waals surface area contributed by atoms with Gasteiger partial charge in [-0.3, -0.25) is 14.9 Å². The van der Waals surface area contributed by atoms with Gasteiger partial charge in [-0.1, -0.05) is 25.4 Å². The average Bonchev–Trinajstić information content (AvgIpc) is 3.25. The largest absolute Gasteiger partial charge is 0.507 e. The minimum absolute atomic E-state index is 0.0388. The van der Waals surface area contributed by atoms with Gasteiger partial charge in [0.25, 0.3) is 5.69 Å². The fraction of sp³-hybridized carbons (Fsp3) is 0.200. The summed E-state index contributed by atoms with van der Waals surface area (Å²) in [5.74, 6) is -0.849. The normalized spacial score (nSPS) is 11.6. The molecule has 0 spiro atoms. The Morgan fingerprint density at radius 2 is 1.91 bits per heavy atom. The number of aromatic nitrogens is 2. The van der Waals surface area contributed by atoms with Crippen LogP contribution < -0.4 is 0 Å². The van der Waals surface area contributed by atoms with Gasteiger partial charge in [0, 0.05) is 36.4 Å². The molecule has 3 aromatic rings. The molecule has 0 saturated heterocycles. The first-order valence-corrected chi connectivity index (χ1v) is 11.3. The third kappa shape index (κ3) is 4.35. The van der Waals surface area contributed by atoms with Gasteiger partial charge in [0.1, 0.15) is 10.6 Å². The van der Waals surface area contributed by atoms with Crippen molar-refractivity contribution in [3.8, 4) is 11.4 Å². The van der Waals surface area contributed by atoms with Crippen LogP contribution in [0.5, 0.6) is 5.75 Å². The summed E-state index contributed by atoms with van der Waals surface area (Å²) in [7, 11) is -4.09. The summed E-state index contributed by atoms with van der Waals surface area (Å²) in [4.78, 5) is 23.0. The number of sulfonamides is 1. The molecular formula is C20H19ClN4O6S. The van der Waals surface area contributed by atoms with Crippen molar-refractivity contribution in [2.45, 2.75) is 18.7 Å². The van der Waals surface area contributed by atoms with Crippen LogP contribution in [-0.2, 0) is 10.0 Å². The maximum absolute atomic E-state index is 13.2. The van der Waals surface area contributed by atoms with E-state index in [0.717, 1.165) is 21.1 Å². The van der Waals surface area contributed by atoms with Crippen LogP contribution in [0.2, 0.25) is 5.02 Å². The maximum Gasteiger partial charge on any atom is 0.270 e. The molecule has 1 aromatic heterocycles. The van der Waals surface area contributed by atoms with Crippen molar-refractivity contribution in [3.63, 3.8) is 0 Å². The number of nitro benzene ring substituents is 1. The van der Waals surface area contributed by atoms with E-state index >= 15 is 0 Å². The van der Waals surface area contributed by atoms with Crippen LogP contribution in [-0.4, -0.2) is 51.4 Å². The molecule has 0 saturated carbocycles. The summed E-state index contributed by atoms with van der Waals surface area (Å²) >= 11 is 5.91. The molecule has 0 aliphatic carbocycles. The Morgan fingerprint density at radius 3 is 2.53 bits per heavy atom. The third-order valence-corrected chi connectivity index (χ3v) is 7.09. The first kappa shape index (κ1) is 23.4. The van der Waals surface area contributed by atoms with E-state index in [0.29, 0.717) is 0 Å². The number of hydrogen-bond acceptors (Lipinski definition) is 7. The van der Waals surface area contributed by atoms with Crippen molar-refractivity contribution in [1.29, 1.82) is 0 Å². The molecule has 0 amide bonds. The summed E-state index contributed by atoms with van der Waals surface area (Å²) < 4.78 is 28.6. The van der Waals surface area contributed by atoms with Gasteiger partial charge in [-0.05, 0) is 24.3 Å². The van der Waals surface area contributed by atoms with Crippen LogP contribution in [0.4, 0.5) is 5.69 Å². The Labute approximate surface area is 188 Å². The molecule has 0 radical (unpaired) electrons. The number of benzene rings is 2. The number of ketones is 1. The van der Waals surface area contributed by atoms with Crippen LogP contribution in [0.15, 0.2) is 53.7 Å². The Hall–Kier alpha value is -3.28. The van der Waals surface area contributed by atoms with Crippen molar-refractivity contribution in [2.24, 2.45) is 0 Å². The van der Waals surface area contributed by atoms with Crippen LogP contribution in [0.25, 0.3) is 5.69 Å². The second kappa shape index (κ2) is 9.07. The SMILES string of the molecule is CCN(CC)S(=O)(=O)c1cc([N+](=O)[O-])ccc1-n1cc(C(=O)c2cc(Cl)ccc2O)cn1. The van der Waals surface area contributed by atoms with Gasteiger partial charge in [0.2, 0.25) is 10.0 Å². The lowest BCUT2D eigenvalue weighted by atomic mass is 10.1. The third-order valence-electron chi connectivity index (χ3n) is 4.77. The van der Waals surface area contributed by atoms with Gasteiger partial charge in [-0.2, -0.15) is 9.40 Å². The van der Waals surface area contributed by atoms with Gasteiger partial charge >= 0.3 is 0 Å². The molecule has 0 aliphatic rings. The standard InChI is InChI=1S/C20H19ClN4O6S/c1-3-23(4-2)32(30,31)19-10-15(25(28)29)6-7-17(19)24-12-13(11-22-24)20(27)16-9-14(21)5-8-18(16)26/h5-12,26H,3-4H2,1-2H3. The summed E-state index contributed by atoms with van der Waals surface area (Å²) in [6, 6.07) is 7.40. The first-order chi connectivity index (χ1) is 15.1. The summed E-state index contributed by atoms with van der Waals surface area (Å²) in [5.41, 5.74) is -0.340. The van der Waals surface area contributed by atoms with Crippen molar-refractivity contribution >= 4 is 33.1 Å². The Bertz CT molecular complexity index is 1300. The average molecular weight is 479 g/mol. The summed E-state index contributed by atoms with van der Waals surface area (Å²) in [6.45, 7) is 3.64. The van der Waals surface area contributed by atoms with Gasteiger partial charge in [-0.25, -0.2) is 13.1 Å². The van der Waals surface area contributed by atoms with Crippen LogP contribution >= 0.6 is 11.6 Å². The van der Waals surface area contributed by atoms with E-state index in [1.807, 2.05) is 0 Å². The molecule has 168 valence electrons. The quantitative estimate of drug-likeness (QED) is 0.297. The lowest BCUT2D eigenvalue weighted by Crippen LogP contribution is -2.31. The van der Waals surface area contributed by atoms with E-state index in [9.17, 15) is 28.4 Å². The number of rotatable bonds is 8. The van der Waals surface area contributed by atoms with E-state index in [1.165, 1.54) is 36.7 Å². The van der Waals surface area contributed by atoms with E-state index in [1.54, 1.807) is 13.8 Å². The molecule has 0 unspecified atom stereocenters. The number of nitrogens with zero attached hydrogens (tertiary/aromatic N) is 4. The van der Waals surface area contributed by atoms with Crippen molar-refractivity contribution < 1.29 is 23.2 Å². The molecule has 1 N–H and O–H groups in total. The number of carbonyl (C=O) groups is 1. The summed E-state index contributed by atoms with van der Waals surface area (Å²) in [6.07, 6.45) is 2.49. The van der Waals surface area contributed by atoms with Crippen molar-refractivity contribution in [2.75, 3.05) is 13.1 Å². The van der Waals surface area contributed by atoms with E-state index < -0.39 is 26.4 Å². The predicted octanol–water partition coefficient (Wildman–Crippen LogP) is 3.40. The van der Waals surface area contributed by atoms with Crippen LogP contribution in [0, 0.1) is 10.1 Å². The monoisotopic (exact) mass is 478 g/mol. The highest BCUT2D eigenvalue weighted by atomic mass is 35.5. The molecule has 12 heteroatoms. The molecule has 0 aliphatic heterocycles. The van der Waals surface area contributed by atoms with Crippen molar-refractivity contribution in [1.82, 2.24) is 14.1 Å². The zero-order chi connectivity index (χ0) is 23.6. The predicted molar refractivity (Wildman–Crippen MR) is 117 cm³/mol. The zero-order valence-electron chi connectivity index (χ0n) is 17.1. The molecule has 3 rings (SSSR count). The fourth-order valence-corrected chi connectivity index (χ4v) is 4.96. The van der Waals surface area contributed by atoms with E-state index in [-0.39, 0.29) is 45.6 Å². The topological polar surface area (TPSA) is 136 Å². The molecule has 2 aromatic carbocycles. The molecule has 32 heavy (non-hydrogen) atoms. The Kier molecular flexibility index (Phi) is 6.63. The van der Waals surface area contributed by atoms with E-state index in [2.05, 4.69) is 5.10 Å². The number of aromatic hydroxyl groups is 1. The number of phenols is 1. The molecule has 0 fully saturated rings. The zero-order valence-corrected chi connectivity index (χ0v) is 18.7. The van der Waals surface area contributed by atoms with Crippen molar-refractivity contribution in [3.05, 3.63) is 75.1 Å². The first-order valence-electron chi connectivity index (χ1n) is 9.47. The lowest BCUT2D eigenvalue weighted by Gasteiger charge is -2.20. The second-order valence-corrected chi connectivity index (χ2v) is 9.01. The maximum atomic E-state index is 13.2. The van der Waals surface area contributed by atoms with Crippen LogP contribution in [0.3, 0.4) is 0 Å². The minimum Gasteiger partial charge on any atom is -0.507 e. The highest BCUT2D eigenvalue weighted by Gasteiger charge is 2.28. The fourth-order valence-electron chi connectivity index (χ4n) is 3.13. The molecule has 10 nitrogen and oxygen atoms in total. The van der Waals surface area contributed by atoms with E-state index in [4.69, 9.17) is 11.6 Å². The molecule has 0 bridgehead atoms.